The summed E-state index contributed by atoms with van der Waals surface area (Å²) in [4.78, 5) is 31.0. The Kier molecular flexibility index (Phi) is 4.75. The van der Waals surface area contributed by atoms with Crippen molar-refractivity contribution in [1.29, 1.82) is 0 Å². The maximum Gasteiger partial charge on any atom is 0.329 e. The summed E-state index contributed by atoms with van der Waals surface area (Å²) in [7, 11) is 1.52. The summed E-state index contributed by atoms with van der Waals surface area (Å²) in [6.07, 6.45) is 2.19. The van der Waals surface area contributed by atoms with E-state index >= 15 is 0 Å². The highest BCUT2D eigenvalue weighted by Gasteiger charge is 2.41. The van der Waals surface area contributed by atoms with Gasteiger partial charge in [-0.1, -0.05) is 11.2 Å². The van der Waals surface area contributed by atoms with Crippen LogP contribution < -0.4 is 15.0 Å². The number of methoxy groups -OCH3 is 1. The van der Waals surface area contributed by atoms with E-state index in [4.69, 9.17) is 9.26 Å². The number of hydrogen-bond donors (Lipinski definition) is 2. The number of rotatable bonds is 6. The molecule has 1 aliphatic heterocycles. The van der Waals surface area contributed by atoms with Crippen LogP contribution in [0.3, 0.4) is 0 Å². The summed E-state index contributed by atoms with van der Waals surface area (Å²) in [5.74, 6) is 0.768. The van der Waals surface area contributed by atoms with Crippen LogP contribution in [-0.2, 0) is 17.6 Å². The topological polar surface area (TPSA) is 126 Å². The van der Waals surface area contributed by atoms with Gasteiger partial charge in [-0.25, -0.2) is 14.7 Å². The number of urea groups is 1. The van der Waals surface area contributed by atoms with Gasteiger partial charge in [-0.05, 0) is 19.9 Å². The second kappa shape index (κ2) is 7.38. The number of anilines is 1. The summed E-state index contributed by atoms with van der Waals surface area (Å²) in [6, 6.07) is 4.08. The number of nitrogens with one attached hydrogen (secondary N) is 2. The SMILES string of the molecule is COc1cccc(CC2NC(=O)N(c3c[nH]nc3Cc3c(C)noc3C)C2=O)n1. The Balaban J connectivity index is 1.56. The molecule has 4 rings (SSSR count). The van der Waals surface area contributed by atoms with Crippen LogP contribution in [0.15, 0.2) is 28.9 Å². The molecule has 10 nitrogen and oxygen atoms in total. The highest BCUT2D eigenvalue weighted by atomic mass is 16.5. The van der Waals surface area contributed by atoms with E-state index in [1.807, 2.05) is 13.8 Å². The van der Waals surface area contributed by atoms with Gasteiger partial charge in [0.25, 0.3) is 5.91 Å². The molecule has 0 saturated carbocycles. The normalized spacial score (nSPS) is 16.4. The van der Waals surface area contributed by atoms with Crippen molar-refractivity contribution in [2.45, 2.75) is 32.7 Å². The van der Waals surface area contributed by atoms with Crippen molar-refractivity contribution in [3.05, 3.63) is 52.8 Å². The van der Waals surface area contributed by atoms with Gasteiger partial charge in [0.1, 0.15) is 11.8 Å². The van der Waals surface area contributed by atoms with Crippen molar-refractivity contribution < 1.29 is 18.8 Å². The molecule has 1 aliphatic rings. The third-order valence-corrected chi connectivity index (χ3v) is 4.89. The molecule has 1 unspecified atom stereocenters. The number of pyridine rings is 1. The lowest BCUT2D eigenvalue weighted by Crippen LogP contribution is -2.33. The highest BCUT2D eigenvalue weighted by Crippen LogP contribution is 2.27. The molecule has 3 aromatic rings. The van der Waals surface area contributed by atoms with Crippen molar-refractivity contribution in [2.75, 3.05) is 12.0 Å². The van der Waals surface area contributed by atoms with E-state index in [9.17, 15) is 9.59 Å². The fraction of sp³-hybridized carbons (Fsp3) is 0.316. The number of aromatic nitrogens is 4. The second-order valence-electron chi connectivity index (χ2n) is 6.75. The first kappa shape index (κ1) is 18.7. The molecule has 0 aromatic carbocycles. The predicted octanol–water partition coefficient (Wildman–Crippen LogP) is 1.68. The van der Waals surface area contributed by atoms with Crippen molar-refractivity contribution >= 4 is 17.6 Å². The lowest BCUT2D eigenvalue weighted by molar-refractivity contribution is -0.118. The molecule has 29 heavy (non-hydrogen) atoms. The maximum absolute atomic E-state index is 13.0. The minimum absolute atomic E-state index is 0.259. The summed E-state index contributed by atoms with van der Waals surface area (Å²) < 4.78 is 10.3. The van der Waals surface area contributed by atoms with Crippen molar-refractivity contribution in [2.24, 2.45) is 0 Å². The lowest BCUT2D eigenvalue weighted by atomic mass is 10.1. The zero-order valence-corrected chi connectivity index (χ0v) is 16.2. The van der Waals surface area contributed by atoms with Crippen molar-refractivity contribution in [3.63, 3.8) is 0 Å². The molecular formula is C19H20N6O4. The molecule has 150 valence electrons. The Labute approximate surface area is 166 Å². The van der Waals surface area contributed by atoms with Gasteiger partial charge in [-0.15, -0.1) is 0 Å². The predicted molar refractivity (Wildman–Crippen MR) is 102 cm³/mol. The van der Waals surface area contributed by atoms with Gasteiger partial charge in [0.2, 0.25) is 5.88 Å². The molecule has 0 aliphatic carbocycles. The monoisotopic (exact) mass is 396 g/mol. The highest BCUT2D eigenvalue weighted by molar-refractivity contribution is 6.21. The Bertz CT molecular complexity index is 1050. The van der Waals surface area contributed by atoms with E-state index in [-0.39, 0.29) is 12.3 Å². The molecule has 0 radical (unpaired) electrons. The van der Waals surface area contributed by atoms with Crippen LogP contribution in [-0.4, -0.2) is 45.4 Å². The Morgan fingerprint density at radius 2 is 2.10 bits per heavy atom. The third-order valence-electron chi connectivity index (χ3n) is 4.89. The van der Waals surface area contributed by atoms with Gasteiger partial charge < -0.3 is 14.6 Å². The van der Waals surface area contributed by atoms with Crippen LogP contribution in [0.25, 0.3) is 0 Å². The average molecular weight is 396 g/mol. The first-order chi connectivity index (χ1) is 14.0. The quantitative estimate of drug-likeness (QED) is 0.607. The average Bonchev–Trinajstić information content (AvgIpc) is 3.36. The second-order valence-corrected chi connectivity index (χ2v) is 6.75. The number of ether oxygens (including phenoxy) is 1. The maximum atomic E-state index is 13.0. The van der Waals surface area contributed by atoms with E-state index in [1.165, 1.54) is 13.3 Å². The van der Waals surface area contributed by atoms with Crippen molar-refractivity contribution in [1.82, 2.24) is 25.7 Å². The minimum atomic E-state index is -0.719. The summed E-state index contributed by atoms with van der Waals surface area (Å²) in [5, 5.41) is 13.6. The molecule has 10 heteroatoms. The van der Waals surface area contributed by atoms with E-state index in [1.54, 1.807) is 18.2 Å². The number of amides is 3. The van der Waals surface area contributed by atoms with Crippen molar-refractivity contribution in [3.8, 4) is 5.88 Å². The fourth-order valence-electron chi connectivity index (χ4n) is 3.35. The number of imide groups is 1. The largest absolute Gasteiger partial charge is 0.481 e. The first-order valence-corrected chi connectivity index (χ1v) is 9.06. The van der Waals surface area contributed by atoms with E-state index in [2.05, 4.69) is 25.7 Å². The molecule has 4 heterocycles. The number of carbonyl (C=O) groups excluding carboxylic acids is 2. The molecular weight excluding hydrogens is 376 g/mol. The summed E-state index contributed by atoms with van der Waals surface area (Å²) in [6.45, 7) is 3.65. The standard InChI is InChI=1S/C19H20N6O4/c1-10-13(11(2)29-24-10)8-14-16(9-20-23-14)25-18(26)15(22-19(25)27)7-12-5-4-6-17(21-12)28-3/h4-6,9,15H,7-8H2,1-3H3,(H,20,23)(H,22,27). The van der Waals surface area contributed by atoms with E-state index in [0.29, 0.717) is 35.1 Å². The van der Waals surface area contributed by atoms with E-state index in [0.717, 1.165) is 16.2 Å². The number of aryl methyl sites for hydroxylation is 2. The van der Waals surface area contributed by atoms with Crippen LogP contribution in [0.4, 0.5) is 10.5 Å². The smallest absolute Gasteiger partial charge is 0.329 e. The first-order valence-electron chi connectivity index (χ1n) is 9.06. The molecule has 1 fully saturated rings. The van der Waals surface area contributed by atoms with Crippen LogP contribution in [0, 0.1) is 13.8 Å². The Morgan fingerprint density at radius 1 is 1.28 bits per heavy atom. The van der Waals surface area contributed by atoms with Gasteiger partial charge in [0.15, 0.2) is 0 Å². The zero-order valence-electron chi connectivity index (χ0n) is 16.2. The van der Waals surface area contributed by atoms with Gasteiger partial charge >= 0.3 is 6.03 Å². The third kappa shape index (κ3) is 3.44. The number of H-pyrrole nitrogens is 1. The number of carbonyl (C=O) groups is 2. The molecule has 1 saturated heterocycles. The van der Waals surface area contributed by atoms with Crippen LogP contribution in [0.1, 0.15) is 28.4 Å². The molecule has 0 bridgehead atoms. The molecule has 2 N–H and O–H groups in total. The molecule has 1 atom stereocenters. The van der Waals surface area contributed by atoms with Crippen LogP contribution in [0.2, 0.25) is 0 Å². The fourth-order valence-corrected chi connectivity index (χ4v) is 3.35. The van der Waals surface area contributed by atoms with Gasteiger partial charge in [0, 0.05) is 36.4 Å². The number of nitrogens with zero attached hydrogens (tertiary/aromatic N) is 4. The van der Waals surface area contributed by atoms with Gasteiger partial charge in [-0.3, -0.25) is 9.89 Å². The molecule has 0 spiro atoms. The zero-order chi connectivity index (χ0) is 20.5. The summed E-state index contributed by atoms with van der Waals surface area (Å²) >= 11 is 0. The van der Waals surface area contributed by atoms with E-state index < -0.39 is 12.1 Å². The number of aromatic amines is 1. The molecule has 3 amide bonds. The van der Waals surface area contributed by atoms with Crippen LogP contribution >= 0.6 is 0 Å². The summed E-state index contributed by atoms with van der Waals surface area (Å²) in [5.41, 5.74) is 3.24. The number of hydrogen-bond acceptors (Lipinski definition) is 7. The lowest BCUT2D eigenvalue weighted by Gasteiger charge is -2.13. The van der Waals surface area contributed by atoms with Gasteiger partial charge in [0.05, 0.1) is 24.2 Å². The minimum Gasteiger partial charge on any atom is -0.481 e. The Hall–Kier alpha value is -3.69. The Morgan fingerprint density at radius 3 is 2.83 bits per heavy atom. The molecule has 3 aromatic heterocycles. The van der Waals surface area contributed by atoms with Crippen LogP contribution in [0.5, 0.6) is 5.88 Å². The van der Waals surface area contributed by atoms with Gasteiger partial charge in [-0.2, -0.15) is 5.10 Å².